The van der Waals surface area contributed by atoms with Crippen LogP contribution in [0.5, 0.6) is 5.75 Å². The van der Waals surface area contributed by atoms with E-state index in [0.717, 1.165) is 41.9 Å². The van der Waals surface area contributed by atoms with Crippen LogP contribution in [0.1, 0.15) is 24.0 Å². The first-order valence-corrected chi connectivity index (χ1v) is 9.78. The molecular weight excluding hydrogens is 364 g/mol. The topological polar surface area (TPSA) is 36.4 Å². The van der Waals surface area contributed by atoms with Crippen molar-refractivity contribution in [2.24, 2.45) is 0 Å². The molecule has 0 atom stereocenters. The van der Waals surface area contributed by atoms with Crippen molar-refractivity contribution in [3.8, 4) is 5.75 Å². The fourth-order valence-corrected chi connectivity index (χ4v) is 4.37. The van der Waals surface area contributed by atoms with Crippen LogP contribution in [-0.4, -0.2) is 28.1 Å². The molecule has 1 N–H and O–H groups in total. The van der Waals surface area contributed by atoms with Crippen LogP contribution in [0.2, 0.25) is 0 Å². The van der Waals surface area contributed by atoms with Gasteiger partial charge in [-0.25, -0.2) is 0 Å². The maximum absolute atomic E-state index is 10.7. The molecule has 5 heteroatoms. The molecule has 2 aromatic carbocycles. The van der Waals surface area contributed by atoms with Gasteiger partial charge in [0, 0.05) is 34.3 Å². The number of pyridine rings is 1. The van der Waals surface area contributed by atoms with Gasteiger partial charge in [-0.05, 0) is 55.8 Å². The molecule has 4 rings (SSSR count). The molecule has 0 aliphatic carbocycles. The maximum atomic E-state index is 10.7. The van der Waals surface area contributed by atoms with Gasteiger partial charge in [0.25, 0.3) is 0 Å². The Bertz CT molecular complexity index is 867. The van der Waals surface area contributed by atoms with Crippen LogP contribution < -0.4 is 0 Å². The summed E-state index contributed by atoms with van der Waals surface area (Å²) in [5.74, 6) is 1.22. The number of thioether (sulfide) groups is 1. The smallest absolute Gasteiger partial charge is 0.146 e. The van der Waals surface area contributed by atoms with Crippen molar-refractivity contribution in [2.75, 3.05) is 13.1 Å². The highest BCUT2D eigenvalue weighted by molar-refractivity contribution is 7.98. The summed E-state index contributed by atoms with van der Waals surface area (Å²) in [6.07, 6.45) is 4.27. The number of benzene rings is 2. The van der Waals surface area contributed by atoms with Crippen LogP contribution in [0, 0.1) is 0 Å². The van der Waals surface area contributed by atoms with Gasteiger partial charge >= 0.3 is 0 Å². The second-order valence-electron chi connectivity index (χ2n) is 6.53. The van der Waals surface area contributed by atoms with Crippen LogP contribution in [-0.2, 0) is 12.3 Å². The quantitative estimate of drug-likeness (QED) is 0.607. The highest BCUT2D eigenvalue weighted by Gasteiger charge is 2.17. The molecule has 0 spiro atoms. The van der Waals surface area contributed by atoms with Crippen molar-refractivity contribution in [1.29, 1.82) is 0 Å². The number of nitrogens with zero attached hydrogens (tertiary/aromatic N) is 2. The van der Waals surface area contributed by atoms with Gasteiger partial charge in [-0.15, -0.1) is 24.2 Å². The van der Waals surface area contributed by atoms with E-state index in [1.54, 1.807) is 6.20 Å². The molecule has 1 aromatic heterocycles. The van der Waals surface area contributed by atoms with Gasteiger partial charge in [0.2, 0.25) is 0 Å². The van der Waals surface area contributed by atoms with Crippen LogP contribution in [0.3, 0.4) is 0 Å². The molecule has 3 nitrogen and oxygen atoms in total. The lowest BCUT2D eigenvalue weighted by atomic mass is 10.0. The maximum Gasteiger partial charge on any atom is 0.146 e. The second-order valence-corrected chi connectivity index (χ2v) is 7.58. The zero-order valence-electron chi connectivity index (χ0n) is 14.6. The predicted octanol–water partition coefficient (Wildman–Crippen LogP) is 5.25. The minimum Gasteiger partial charge on any atom is -0.505 e. The minimum absolute atomic E-state index is 0. The number of aromatic nitrogens is 1. The van der Waals surface area contributed by atoms with Crippen molar-refractivity contribution in [3.63, 3.8) is 0 Å². The van der Waals surface area contributed by atoms with Crippen molar-refractivity contribution in [1.82, 2.24) is 9.88 Å². The molecule has 1 aliphatic rings. The van der Waals surface area contributed by atoms with Gasteiger partial charge < -0.3 is 5.11 Å². The van der Waals surface area contributed by atoms with Crippen molar-refractivity contribution >= 4 is 35.1 Å². The van der Waals surface area contributed by atoms with Crippen LogP contribution in [0.25, 0.3) is 10.9 Å². The fraction of sp³-hybridized carbons (Fsp3) is 0.286. The zero-order valence-corrected chi connectivity index (χ0v) is 16.2. The Morgan fingerprint density at radius 1 is 1.00 bits per heavy atom. The lowest BCUT2D eigenvalue weighted by Crippen LogP contribution is -2.18. The Morgan fingerprint density at radius 3 is 2.54 bits per heavy atom. The van der Waals surface area contributed by atoms with Gasteiger partial charge in [0.05, 0.1) is 0 Å². The van der Waals surface area contributed by atoms with E-state index < -0.39 is 0 Å². The van der Waals surface area contributed by atoms with Gasteiger partial charge in [-0.1, -0.05) is 24.3 Å². The van der Waals surface area contributed by atoms with Crippen LogP contribution >= 0.6 is 24.2 Å². The summed E-state index contributed by atoms with van der Waals surface area (Å²) in [5.41, 5.74) is 2.96. The molecule has 1 saturated heterocycles. The largest absolute Gasteiger partial charge is 0.505 e. The number of fused-ring (bicyclic) bond motifs is 1. The summed E-state index contributed by atoms with van der Waals surface area (Å²) in [6.45, 7) is 3.04. The van der Waals surface area contributed by atoms with E-state index in [2.05, 4.69) is 46.3 Å². The number of phenolic OH excluding ortho intramolecular Hbond substituents is 1. The fourth-order valence-electron chi connectivity index (χ4n) is 3.46. The summed E-state index contributed by atoms with van der Waals surface area (Å²) in [6, 6.07) is 16.6. The number of aromatic hydroxyl groups is 1. The number of hydrogen-bond donors (Lipinski definition) is 1. The third-order valence-corrected chi connectivity index (χ3v) is 5.82. The molecule has 2 heterocycles. The first-order valence-electron chi connectivity index (χ1n) is 8.80. The number of likely N-dealkylation sites (tertiary alicyclic amines) is 1. The van der Waals surface area contributed by atoms with Crippen LogP contribution in [0.4, 0.5) is 0 Å². The van der Waals surface area contributed by atoms with E-state index in [0.29, 0.717) is 5.75 Å². The summed E-state index contributed by atoms with van der Waals surface area (Å²) in [5, 5.41) is 11.8. The van der Waals surface area contributed by atoms with Crippen molar-refractivity contribution in [3.05, 3.63) is 65.9 Å². The standard InChI is InChI=1S/C21H22N2OS.ClH/c24-21-16(14-23-11-4-5-12-23)13-17(19-9-6-10-22-20(19)21)15-25-18-7-2-1-3-8-18;/h1-3,6-10,13,24H,4-5,11-12,14-15H2;1H. The van der Waals surface area contributed by atoms with Gasteiger partial charge in [0.1, 0.15) is 11.3 Å². The highest BCUT2D eigenvalue weighted by atomic mass is 35.5. The lowest BCUT2D eigenvalue weighted by molar-refractivity contribution is 0.324. The molecule has 136 valence electrons. The van der Waals surface area contributed by atoms with E-state index in [1.807, 2.05) is 23.9 Å². The highest BCUT2D eigenvalue weighted by Crippen LogP contribution is 2.34. The average molecular weight is 387 g/mol. The van der Waals surface area contributed by atoms with E-state index in [9.17, 15) is 5.11 Å². The molecule has 1 fully saturated rings. The first kappa shape index (κ1) is 19.0. The van der Waals surface area contributed by atoms with Gasteiger partial charge in [-0.2, -0.15) is 0 Å². The third kappa shape index (κ3) is 4.14. The number of halogens is 1. The molecule has 0 amide bonds. The molecule has 0 saturated carbocycles. The van der Waals surface area contributed by atoms with Gasteiger partial charge in [0.15, 0.2) is 0 Å². The van der Waals surface area contributed by atoms with E-state index in [1.165, 1.54) is 23.3 Å². The summed E-state index contributed by atoms with van der Waals surface area (Å²) in [4.78, 5) is 8.13. The molecule has 0 radical (unpaired) electrons. The molecule has 26 heavy (non-hydrogen) atoms. The Hall–Kier alpha value is -1.75. The molecule has 3 aromatic rings. The molecule has 0 bridgehead atoms. The molecule has 1 aliphatic heterocycles. The SMILES string of the molecule is Cl.Oc1c(CN2CCCC2)cc(CSc2ccccc2)c2cccnc12. The third-order valence-electron chi connectivity index (χ3n) is 4.76. The van der Waals surface area contributed by atoms with Gasteiger partial charge in [-0.3, -0.25) is 9.88 Å². The molecular formula is C21H23ClN2OS. The normalized spacial score (nSPS) is 14.5. The minimum atomic E-state index is 0. The van der Waals surface area contributed by atoms with E-state index in [4.69, 9.17) is 0 Å². The molecule has 0 unspecified atom stereocenters. The Labute approximate surface area is 164 Å². The number of hydrogen-bond acceptors (Lipinski definition) is 4. The van der Waals surface area contributed by atoms with E-state index >= 15 is 0 Å². The number of rotatable bonds is 5. The summed E-state index contributed by atoms with van der Waals surface area (Å²) in [7, 11) is 0. The lowest BCUT2D eigenvalue weighted by Gasteiger charge is -2.18. The summed E-state index contributed by atoms with van der Waals surface area (Å²) < 4.78 is 0. The first-order chi connectivity index (χ1) is 12.3. The van der Waals surface area contributed by atoms with Crippen molar-refractivity contribution < 1.29 is 5.11 Å². The zero-order chi connectivity index (χ0) is 17.1. The monoisotopic (exact) mass is 386 g/mol. The van der Waals surface area contributed by atoms with Crippen molar-refractivity contribution in [2.45, 2.75) is 30.0 Å². The average Bonchev–Trinajstić information content (AvgIpc) is 3.17. The van der Waals surface area contributed by atoms with Crippen LogP contribution in [0.15, 0.2) is 59.6 Å². The Morgan fingerprint density at radius 2 is 1.77 bits per heavy atom. The Kier molecular flexibility index (Phi) is 6.41. The predicted molar refractivity (Wildman–Crippen MR) is 111 cm³/mol. The number of phenols is 1. The van der Waals surface area contributed by atoms with E-state index in [-0.39, 0.29) is 12.4 Å². The second kappa shape index (κ2) is 8.76. The summed E-state index contributed by atoms with van der Waals surface area (Å²) >= 11 is 1.82. The Balaban J connectivity index is 0.00000196.